The summed E-state index contributed by atoms with van der Waals surface area (Å²) in [7, 11) is -3.56. The Morgan fingerprint density at radius 2 is 1.59 bits per heavy atom. The number of benzene rings is 2. The smallest absolute Gasteiger partial charge is 0.367 e. The van der Waals surface area contributed by atoms with Gasteiger partial charge in [0.05, 0.1) is 11.5 Å². The molecule has 1 aliphatic rings. The van der Waals surface area contributed by atoms with Crippen molar-refractivity contribution in [2.75, 3.05) is 19.7 Å². The fraction of sp³-hybridized carbons (Fsp3) is 0.409. The van der Waals surface area contributed by atoms with E-state index in [2.05, 4.69) is 10.1 Å². The third kappa shape index (κ3) is 6.78. The molecule has 1 saturated heterocycles. The topological polar surface area (TPSA) is 75.7 Å². The van der Waals surface area contributed by atoms with Gasteiger partial charge < -0.3 is 10.1 Å². The SMILES string of the molecule is O=C(NCc1ccc(COCC(F)(F)F)cc1)C1CCN(S(=O)(=O)c2ccccc2)CC1. The first-order chi connectivity index (χ1) is 15.1. The summed E-state index contributed by atoms with van der Waals surface area (Å²) < 4.78 is 67.7. The minimum Gasteiger partial charge on any atom is -0.367 e. The van der Waals surface area contributed by atoms with E-state index in [0.29, 0.717) is 18.4 Å². The van der Waals surface area contributed by atoms with E-state index in [1.807, 2.05) is 0 Å². The molecule has 0 aliphatic carbocycles. The molecular weight excluding hydrogens is 445 g/mol. The number of nitrogens with one attached hydrogen (secondary N) is 1. The van der Waals surface area contributed by atoms with Crippen LogP contribution in [0.2, 0.25) is 0 Å². The number of ether oxygens (including phenoxy) is 1. The highest BCUT2D eigenvalue weighted by Crippen LogP contribution is 2.24. The van der Waals surface area contributed by atoms with Crippen molar-refractivity contribution in [1.82, 2.24) is 9.62 Å². The lowest BCUT2D eigenvalue weighted by Crippen LogP contribution is -2.42. The lowest BCUT2D eigenvalue weighted by atomic mass is 9.97. The number of hydrogen-bond acceptors (Lipinski definition) is 4. The van der Waals surface area contributed by atoms with Gasteiger partial charge in [-0.1, -0.05) is 42.5 Å². The number of nitrogens with zero attached hydrogens (tertiary/aromatic N) is 1. The molecule has 1 heterocycles. The zero-order valence-corrected chi connectivity index (χ0v) is 18.2. The maximum atomic E-state index is 12.7. The number of halogens is 3. The van der Waals surface area contributed by atoms with Gasteiger partial charge in [0.2, 0.25) is 15.9 Å². The van der Waals surface area contributed by atoms with E-state index in [-0.39, 0.29) is 43.0 Å². The van der Waals surface area contributed by atoms with E-state index < -0.39 is 22.8 Å². The van der Waals surface area contributed by atoms with Crippen LogP contribution in [0.3, 0.4) is 0 Å². The van der Waals surface area contributed by atoms with Gasteiger partial charge in [-0.25, -0.2) is 8.42 Å². The monoisotopic (exact) mass is 470 g/mol. The summed E-state index contributed by atoms with van der Waals surface area (Å²) >= 11 is 0. The summed E-state index contributed by atoms with van der Waals surface area (Å²) in [5, 5.41) is 2.85. The van der Waals surface area contributed by atoms with Crippen LogP contribution >= 0.6 is 0 Å². The average Bonchev–Trinajstić information content (AvgIpc) is 2.78. The Bertz CT molecular complexity index is 988. The maximum Gasteiger partial charge on any atom is 0.411 e. The van der Waals surface area contributed by atoms with Crippen LogP contribution in [-0.2, 0) is 32.7 Å². The molecule has 0 spiro atoms. The largest absolute Gasteiger partial charge is 0.411 e. The normalized spacial score (nSPS) is 16.1. The number of amides is 1. The lowest BCUT2D eigenvalue weighted by Gasteiger charge is -2.30. The Kier molecular flexibility index (Phi) is 7.91. The van der Waals surface area contributed by atoms with Gasteiger partial charge >= 0.3 is 6.18 Å². The molecular formula is C22H25F3N2O4S. The van der Waals surface area contributed by atoms with E-state index in [9.17, 15) is 26.4 Å². The highest BCUT2D eigenvalue weighted by atomic mass is 32.2. The summed E-state index contributed by atoms with van der Waals surface area (Å²) in [6, 6.07) is 15.0. The van der Waals surface area contributed by atoms with Crippen molar-refractivity contribution < 1.29 is 31.1 Å². The number of piperidine rings is 1. The maximum absolute atomic E-state index is 12.7. The summed E-state index contributed by atoms with van der Waals surface area (Å²) in [6.07, 6.45) is -3.48. The van der Waals surface area contributed by atoms with E-state index in [1.165, 1.54) is 4.31 Å². The van der Waals surface area contributed by atoms with Crippen molar-refractivity contribution >= 4 is 15.9 Å². The molecule has 6 nitrogen and oxygen atoms in total. The number of alkyl halides is 3. The number of carbonyl (C=O) groups excluding carboxylic acids is 1. The molecule has 0 aromatic heterocycles. The number of rotatable bonds is 8. The molecule has 0 bridgehead atoms. The molecule has 2 aromatic carbocycles. The predicted octanol–water partition coefficient (Wildman–Crippen LogP) is 3.48. The zero-order chi connectivity index (χ0) is 23.2. The molecule has 1 aliphatic heterocycles. The number of carbonyl (C=O) groups is 1. The molecule has 0 saturated carbocycles. The van der Waals surface area contributed by atoms with Crippen molar-refractivity contribution in [2.45, 2.75) is 37.1 Å². The van der Waals surface area contributed by atoms with Crippen LogP contribution in [-0.4, -0.2) is 44.5 Å². The first-order valence-corrected chi connectivity index (χ1v) is 11.6. The average molecular weight is 471 g/mol. The van der Waals surface area contributed by atoms with E-state index in [4.69, 9.17) is 0 Å². The second-order valence-electron chi connectivity index (χ2n) is 7.63. The minimum absolute atomic E-state index is 0.139. The molecule has 0 radical (unpaired) electrons. The van der Waals surface area contributed by atoms with Crippen molar-refractivity contribution in [3.05, 3.63) is 65.7 Å². The van der Waals surface area contributed by atoms with Crippen LogP contribution in [0.4, 0.5) is 13.2 Å². The van der Waals surface area contributed by atoms with Crippen LogP contribution in [0.25, 0.3) is 0 Å². The fourth-order valence-electron chi connectivity index (χ4n) is 3.47. The third-order valence-electron chi connectivity index (χ3n) is 5.23. The van der Waals surface area contributed by atoms with Gasteiger partial charge in [0, 0.05) is 25.6 Å². The van der Waals surface area contributed by atoms with E-state index in [0.717, 1.165) is 5.56 Å². The zero-order valence-electron chi connectivity index (χ0n) is 17.3. The molecule has 0 atom stereocenters. The van der Waals surface area contributed by atoms with Gasteiger partial charge in [-0.05, 0) is 36.1 Å². The molecule has 1 fully saturated rings. The van der Waals surface area contributed by atoms with Gasteiger partial charge in [-0.2, -0.15) is 17.5 Å². The third-order valence-corrected chi connectivity index (χ3v) is 7.14. The van der Waals surface area contributed by atoms with Gasteiger partial charge in [-0.15, -0.1) is 0 Å². The van der Waals surface area contributed by atoms with Crippen LogP contribution in [0.5, 0.6) is 0 Å². The fourth-order valence-corrected chi connectivity index (χ4v) is 4.96. The second-order valence-corrected chi connectivity index (χ2v) is 9.57. The summed E-state index contributed by atoms with van der Waals surface area (Å²) in [5.41, 5.74) is 1.42. The molecule has 3 rings (SSSR count). The van der Waals surface area contributed by atoms with Crippen molar-refractivity contribution in [3.63, 3.8) is 0 Å². The predicted molar refractivity (Wildman–Crippen MR) is 112 cm³/mol. The highest BCUT2D eigenvalue weighted by molar-refractivity contribution is 7.89. The van der Waals surface area contributed by atoms with Crippen molar-refractivity contribution in [2.24, 2.45) is 5.92 Å². The molecule has 0 unspecified atom stereocenters. The summed E-state index contributed by atoms with van der Waals surface area (Å²) in [6.45, 7) is -0.595. The number of hydrogen-bond donors (Lipinski definition) is 1. The van der Waals surface area contributed by atoms with Crippen molar-refractivity contribution in [3.8, 4) is 0 Å². The number of sulfonamides is 1. The van der Waals surface area contributed by atoms with Gasteiger partial charge in [-0.3, -0.25) is 4.79 Å². The summed E-state index contributed by atoms with van der Waals surface area (Å²) in [4.78, 5) is 12.7. The summed E-state index contributed by atoms with van der Waals surface area (Å²) in [5.74, 6) is -0.411. The quantitative estimate of drug-likeness (QED) is 0.641. The first kappa shape index (κ1) is 24.2. The molecule has 1 N–H and O–H groups in total. The molecule has 32 heavy (non-hydrogen) atoms. The van der Waals surface area contributed by atoms with E-state index >= 15 is 0 Å². The van der Waals surface area contributed by atoms with Crippen LogP contribution in [0.1, 0.15) is 24.0 Å². The van der Waals surface area contributed by atoms with Gasteiger partial charge in [0.1, 0.15) is 6.61 Å². The standard InChI is InChI=1S/C22H25F3N2O4S/c23-22(24,25)16-31-15-18-8-6-17(7-9-18)14-26-21(28)19-10-12-27(13-11-19)32(29,30)20-4-2-1-3-5-20/h1-9,19H,10-16H2,(H,26,28). The van der Waals surface area contributed by atoms with Crippen LogP contribution in [0, 0.1) is 5.92 Å². The van der Waals surface area contributed by atoms with E-state index in [1.54, 1.807) is 54.6 Å². The Labute approximate surface area is 185 Å². The van der Waals surface area contributed by atoms with Gasteiger partial charge in [0.15, 0.2) is 0 Å². The Morgan fingerprint density at radius 3 is 2.19 bits per heavy atom. The first-order valence-electron chi connectivity index (χ1n) is 10.2. The Balaban J connectivity index is 1.43. The highest BCUT2D eigenvalue weighted by Gasteiger charge is 2.32. The minimum atomic E-state index is -4.36. The van der Waals surface area contributed by atoms with Crippen molar-refractivity contribution in [1.29, 1.82) is 0 Å². The second kappa shape index (κ2) is 10.5. The Morgan fingerprint density at radius 1 is 1.00 bits per heavy atom. The molecule has 174 valence electrons. The van der Waals surface area contributed by atoms with Gasteiger partial charge in [0.25, 0.3) is 0 Å². The molecule has 1 amide bonds. The molecule has 2 aromatic rings. The Hall–Kier alpha value is -2.43. The van der Waals surface area contributed by atoms with Crippen LogP contribution < -0.4 is 5.32 Å². The van der Waals surface area contributed by atoms with Crippen LogP contribution in [0.15, 0.2) is 59.5 Å². The lowest BCUT2D eigenvalue weighted by molar-refractivity contribution is -0.176. The molecule has 10 heteroatoms.